The molecule has 0 aliphatic rings. The number of rotatable bonds is 8. The van der Waals surface area contributed by atoms with Crippen molar-refractivity contribution in [3.8, 4) is 0 Å². The molecule has 0 spiro atoms. The summed E-state index contributed by atoms with van der Waals surface area (Å²) in [7, 11) is 0. The third-order valence-corrected chi connectivity index (χ3v) is 2.56. The van der Waals surface area contributed by atoms with E-state index in [1.54, 1.807) is 0 Å². The van der Waals surface area contributed by atoms with Gasteiger partial charge in [0.25, 0.3) is 0 Å². The summed E-state index contributed by atoms with van der Waals surface area (Å²) in [6.45, 7) is 3.84. The van der Waals surface area contributed by atoms with Crippen LogP contribution in [0.1, 0.15) is 42.9 Å². The zero-order valence-corrected chi connectivity index (χ0v) is 11.9. The van der Waals surface area contributed by atoms with Crippen molar-refractivity contribution in [2.45, 2.75) is 39.4 Å². The van der Waals surface area contributed by atoms with Gasteiger partial charge < -0.3 is 9.47 Å². The Kier molecular flexibility index (Phi) is 6.60. The lowest BCUT2D eigenvalue weighted by molar-refractivity contribution is -0.145. The van der Waals surface area contributed by atoms with Crippen LogP contribution in [0.2, 0.25) is 0 Å². The second-order valence-electron chi connectivity index (χ2n) is 4.19. The van der Waals surface area contributed by atoms with Gasteiger partial charge in [-0.05, 0) is 13.3 Å². The number of nitrogens with zero attached hydrogens (tertiary/aromatic N) is 3. The molecule has 0 radical (unpaired) electrons. The molecule has 0 atom stereocenters. The van der Waals surface area contributed by atoms with Crippen molar-refractivity contribution < 1.29 is 27.4 Å². The minimum Gasteiger partial charge on any atom is -0.461 e. The standard InChI is InChI=1S/C12H18F3N3O3/c1-3-5-7-20-8-6-18-10(12(13,14)15)9(16-17-18)11(19)21-4-2/h3-8H2,1-2H3. The molecule has 1 aromatic heterocycles. The van der Waals surface area contributed by atoms with Crippen LogP contribution >= 0.6 is 0 Å². The first-order valence-corrected chi connectivity index (χ1v) is 6.67. The first-order chi connectivity index (χ1) is 9.91. The van der Waals surface area contributed by atoms with Crippen LogP contribution in [0, 0.1) is 0 Å². The number of aromatic nitrogens is 3. The molecule has 1 rings (SSSR count). The number of halogens is 3. The van der Waals surface area contributed by atoms with Crippen molar-refractivity contribution in [2.75, 3.05) is 19.8 Å². The largest absolute Gasteiger partial charge is 0.461 e. The van der Waals surface area contributed by atoms with Crippen molar-refractivity contribution in [1.29, 1.82) is 0 Å². The maximum Gasteiger partial charge on any atom is 0.435 e. The Morgan fingerprint density at radius 1 is 1.29 bits per heavy atom. The Labute approximate surface area is 120 Å². The number of hydrogen-bond donors (Lipinski definition) is 0. The Hall–Kier alpha value is -1.64. The van der Waals surface area contributed by atoms with E-state index in [1.165, 1.54) is 6.92 Å². The van der Waals surface area contributed by atoms with Gasteiger partial charge >= 0.3 is 12.1 Å². The van der Waals surface area contributed by atoms with Crippen molar-refractivity contribution in [3.63, 3.8) is 0 Å². The van der Waals surface area contributed by atoms with E-state index < -0.39 is 23.5 Å². The summed E-state index contributed by atoms with van der Waals surface area (Å²) in [6.07, 6.45) is -2.98. The average Bonchev–Trinajstić information content (AvgIpc) is 2.83. The molecule has 120 valence electrons. The van der Waals surface area contributed by atoms with Crippen LogP contribution in [0.5, 0.6) is 0 Å². The van der Waals surface area contributed by atoms with Crippen molar-refractivity contribution >= 4 is 5.97 Å². The number of ether oxygens (including phenoxy) is 2. The number of unbranched alkanes of at least 4 members (excludes halogenated alkanes) is 1. The van der Waals surface area contributed by atoms with Crippen LogP contribution in [-0.4, -0.2) is 40.8 Å². The average molecular weight is 309 g/mol. The van der Waals surface area contributed by atoms with E-state index in [0.29, 0.717) is 11.3 Å². The highest BCUT2D eigenvalue weighted by atomic mass is 19.4. The number of carbonyl (C=O) groups excluding carboxylic acids is 1. The molecule has 0 N–H and O–H groups in total. The zero-order valence-electron chi connectivity index (χ0n) is 11.9. The quantitative estimate of drug-likeness (QED) is 0.544. The van der Waals surface area contributed by atoms with Gasteiger partial charge in [0.05, 0.1) is 19.8 Å². The second-order valence-corrected chi connectivity index (χ2v) is 4.19. The summed E-state index contributed by atoms with van der Waals surface area (Å²) in [4.78, 5) is 11.5. The molecule has 0 bridgehead atoms. The van der Waals surface area contributed by atoms with E-state index in [0.717, 1.165) is 12.8 Å². The molecule has 1 heterocycles. The van der Waals surface area contributed by atoms with E-state index in [1.807, 2.05) is 6.92 Å². The lowest BCUT2D eigenvalue weighted by Crippen LogP contribution is -2.21. The summed E-state index contributed by atoms with van der Waals surface area (Å²) < 4.78 is 49.4. The predicted octanol–water partition coefficient (Wildman–Crippen LogP) is 2.29. The lowest BCUT2D eigenvalue weighted by Gasteiger charge is -2.11. The molecule has 21 heavy (non-hydrogen) atoms. The fraction of sp³-hybridized carbons (Fsp3) is 0.750. The fourth-order valence-electron chi connectivity index (χ4n) is 1.59. The Morgan fingerprint density at radius 3 is 2.57 bits per heavy atom. The maximum absolute atomic E-state index is 13.0. The Balaban J connectivity index is 2.82. The van der Waals surface area contributed by atoms with Gasteiger partial charge in [0.2, 0.25) is 5.69 Å². The predicted molar refractivity (Wildman–Crippen MR) is 66.7 cm³/mol. The zero-order chi connectivity index (χ0) is 15.9. The molecule has 0 saturated carbocycles. The van der Waals surface area contributed by atoms with Crippen molar-refractivity contribution in [2.24, 2.45) is 0 Å². The maximum atomic E-state index is 13.0. The van der Waals surface area contributed by atoms with E-state index >= 15 is 0 Å². The van der Waals surface area contributed by atoms with Crippen LogP contribution in [0.15, 0.2) is 0 Å². The molecule has 0 aliphatic carbocycles. The monoisotopic (exact) mass is 309 g/mol. The van der Waals surface area contributed by atoms with Crippen molar-refractivity contribution in [3.05, 3.63) is 11.4 Å². The van der Waals surface area contributed by atoms with E-state index in [-0.39, 0.29) is 19.8 Å². The van der Waals surface area contributed by atoms with Crippen LogP contribution in [0.3, 0.4) is 0 Å². The number of carbonyl (C=O) groups is 1. The highest BCUT2D eigenvalue weighted by Gasteiger charge is 2.41. The minimum absolute atomic E-state index is 0.0386. The molecular weight excluding hydrogens is 291 g/mol. The Morgan fingerprint density at radius 2 is 2.00 bits per heavy atom. The van der Waals surface area contributed by atoms with Crippen LogP contribution in [0.25, 0.3) is 0 Å². The Bertz CT molecular complexity index is 460. The number of alkyl halides is 3. The third-order valence-electron chi connectivity index (χ3n) is 2.56. The fourth-order valence-corrected chi connectivity index (χ4v) is 1.59. The van der Waals surface area contributed by atoms with E-state index in [4.69, 9.17) is 4.74 Å². The van der Waals surface area contributed by atoms with Gasteiger partial charge in [-0.15, -0.1) is 5.10 Å². The van der Waals surface area contributed by atoms with E-state index in [9.17, 15) is 18.0 Å². The summed E-state index contributed by atoms with van der Waals surface area (Å²) in [5.41, 5.74) is -2.03. The topological polar surface area (TPSA) is 66.2 Å². The molecule has 0 amide bonds. The van der Waals surface area contributed by atoms with Crippen LogP contribution in [-0.2, 0) is 22.2 Å². The summed E-state index contributed by atoms with van der Waals surface area (Å²) in [5.74, 6) is -1.14. The molecule has 0 saturated heterocycles. The minimum atomic E-state index is -4.74. The van der Waals surface area contributed by atoms with Gasteiger partial charge in [-0.25, -0.2) is 9.48 Å². The molecule has 0 aromatic carbocycles. The van der Waals surface area contributed by atoms with Crippen LogP contribution < -0.4 is 0 Å². The molecule has 1 aromatic rings. The summed E-state index contributed by atoms with van der Waals surface area (Å²) in [5, 5.41) is 6.65. The molecule has 0 aliphatic heterocycles. The SMILES string of the molecule is CCCCOCCn1nnc(C(=O)OCC)c1C(F)(F)F. The molecule has 0 fully saturated rings. The molecular formula is C12H18F3N3O3. The second kappa shape index (κ2) is 7.96. The lowest BCUT2D eigenvalue weighted by atomic mass is 10.3. The van der Waals surface area contributed by atoms with Gasteiger partial charge in [0, 0.05) is 6.61 Å². The highest BCUT2D eigenvalue weighted by molar-refractivity contribution is 5.88. The highest BCUT2D eigenvalue weighted by Crippen LogP contribution is 2.31. The molecule has 6 nitrogen and oxygen atoms in total. The molecule has 0 unspecified atom stereocenters. The first-order valence-electron chi connectivity index (χ1n) is 6.67. The number of esters is 1. The first kappa shape index (κ1) is 17.4. The van der Waals surface area contributed by atoms with Gasteiger partial charge in [-0.1, -0.05) is 18.6 Å². The summed E-state index contributed by atoms with van der Waals surface area (Å²) >= 11 is 0. The van der Waals surface area contributed by atoms with Gasteiger partial charge in [-0.2, -0.15) is 13.2 Å². The number of hydrogen-bond acceptors (Lipinski definition) is 5. The van der Waals surface area contributed by atoms with Gasteiger partial charge in [-0.3, -0.25) is 0 Å². The van der Waals surface area contributed by atoms with E-state index in [2.05, 4.69) is 15.0 Å². The van der Waals surface area contributed by atoms with Gasteiger partial charge in [0.1, 0.15) is 0 Å². The summed E-state index contributed by atoms with van der Waals surface area (Å²) in [6, 6.07) is 0. The third kappa shape index (κ3) is 5.00. The molecule has 9 heteroatoms. The normalized spacial score (nSPS) is 11.7. The smallest absolute Gasteiger partial charge is 0.435 e. The van der Waals surface area contributed by atoms with Crippen LogP contribution in [0.4, 0.5) is 13.2 Å². The van der Waals surface area contributed by atoms with Crippen molar-refractivity contribution in [1.82, 2.24) is 15.0 Å². The van der Waals surface area contributed by atoms with Gasteiger partial charge in [0.15, 0.2) is 5.69 Å².